The lowest BCUT2D eigenvalue weighted by Crippen LogP contribution is -2.51. The Labute approximate surface area is 150 Å². The highest BCUT2D eigenvalue weighted by Gasteiger charge is 2.56. The lowest BCUT2D eigenvalue weighted by Gasteiger charge is -2.59. The van der Waals surface area contributed by atoms with Crippen LogP contribution in [0.2, 0.25) is 0 Å². The first-order valence-corrected chi connectivity index (χ1v) is 10.8. The molecule has 138 valence electrons. The van der Waals surface area contributed by atoms with Crippen LogP contribution in [-0.4, -0.2) is 11.2 Å². The minimum absolute atomic E-state index is 0.00904. The van der Waals surface area contributed by atoms with E-state index >= 15 is 0 Å². The third-order valence-corrected chi connectivity index (χ3v) is 8.59. The van der Waals surface area contributed by atoms with Crippen molar-refractivity contribution in [2.45, 2.75) is 91.6 Å². The van der Waals surface area contributed by atoms with E-state index in [1.165, 1.54) is 50.5 Å². The van der Waals surface area contributed by atoms with Gasteiger partial charge in [-0.25, -0.2) is 0 Å². The molecule has 8 unspecified atom stereocenters. The Morgan fingerprint density at radius 1 is 0.917 bits per heavy atom. The highest BCUT2D eigenvalue weighted by Crippen LogP contribution is 2.64. The van der Waals surface area contributed by atoms with Gasteiger partial charge in [0.25, 0.3) is 0 Å². The predicted octanol–water partition coefficient (Wildman–Crippen LogP) is 6.22. The van der Waals surface area contributed by atoms with Gasteiger partial charge in [-0.05, 0) is 106 Å². The molecule has 4 aliphatic carbocycles. The molecule has 24 heavy (non-hydrogen) atoms. The second kappa shape index (κ2) is 7.14. The highest BCUT2D eigenvalue weighted by molar-refractivity contribution is 5.10. The van der Waals surface area contributed by atoms with Crippen molar-refractivity contribution >= 4 is 0 Å². The molecular formula is C23H40O. The van der Waals surface area contributed by atoms with Crippen LogP contribution in [0.1, 0.15) is 85.5 Å². The quantitative estimate of drug-likeness (QED) is 0.565. The van der Waals surface area contributed by atoms with Crippen LogP contribution in [0, 0.1) is 40.9 Å². The lowest BCUT2D eigenvalue weighted by molar-refractivity contribution is -0.107. The smallest absolute Gasteiger partial charge is 0.0543 e. The predicted molar refractivity (Wildman–Crippen MR) is 103 cm³/mol. The Bertz CT molecular complexity index is 455. The molecule has 0 amide bonds. The second-order valence-corrected chi connectivity index (χ2v) is 9.41. The van der Waals surface area contributed by atoms with Crippen molar-refractivity contribution in [3.05, 3.63) is 12.2 Å². The van der Waals surface area contributed by atoms with Crippen molar-refractivity contribution in [1.82, 2.24) is 0 Å². The second-order valence-electron chi connectivity index (χ2n) is 9.41. The minimum atomic E-state index is -0.00904. The van der Waals surface area contributed by atoms with Gasteiger partial charge in [0.05, 0.1) is 6.10 Å². The summed E-state index contributed by atoms with van der Waals surface area (Å²) in [6.07, 6.45) is 12.0. The molecule has 0 heterocycles. The van der Waals surface area contributed by atoms with Gasteiger partial charge in [-0.1, -0.05) is 32.9 Å². The molecule has 1 heteroatoms. The Morgan fingerprint density at radius 2 is 1.58 bits per heavy atom. The molecule has 0 radical (unpaired) electrons. The van der Waals surface area contributed by atoms with Gasteiger partial charge in [0, 0.05) is 0 Å². The van der Waals surface area contributed by atoms with Gasteiger partial charge in [0.15, 0.2) is 0 Å². The molecule has 0 spiro atoms. The van der Waals surface area contributed by atoms with Crippen LogP contribution in [0.25, 0.3) is 0 Å². The number of aliphatic hydroxyl groups excluding tert-OH is 1. The molecule has 0 aromatic carbocycles. The number of hydrogen-bond donors (Lipinski definition) is 1. The third kappa shape index (κ3) is 2.89. The molecule has 4 fully saturated rings. The van der Waals surface area contributed by atoms with E-state index in [4.69, 9.17) is 0 Å². The van der Waals surface area contributed by atoms with Crippen LogP contribution < -0.4 is 0 Å². The van der Waals surface area contributed by atoms with Gasteiger partial charge >= 0.3 is 0 Å². The summed E-state index contributed by atoms with van der Waals surface area (Å²) in [5.41, 5.74) is 1.99. The van der Waals surface area contributed by atoms with Crippen LogP contribution in [-0.2, 0) is 0 Å². The zero-order valence-electron chi connectivity index (χ0n) is 16.6. The number of allylic oxidation sites excluding steroid dienone is 1. The van der Waals surface area contributed by atoms with Crippen molar-refractivity contribution < 1.29 is 5.11 Å². The normalized spacial score (nSPS) is 50.0. The van der Waals surface area contributed by atoms with Crippen LogP contribution in [0.4, 0.5) is 0 Å². The molecule has 0 aliphatic heterocycles. The summed E-state index contributed by atoms with van der Waals surface area (Å²) in [7, 11) is 0. The van der Waals surface area contributed by atoms with E-state index in [1.807, 2.05) is 13.8 Å². The van der Waals surface area contributed by atoms with Crippen molar-refractivity contribution in [1.29, 1.82) is 0 Å². The average molecular weight is 333 g/mol. The van der Waals surface area contributed by atoms with Gasteiger partial charge in [-0.3, -0.25) is 0 Å². The maximum absolute atomic E-state index is 10.1. The molecule has 1 nitrogen and oxygen atoms in total. The first-order valence-electron chi connectivity index (χ1n) is 10.8. The van der Waals surface area contributed by atoms with E-state index in [2.05, 4.69) is 20.4 Å². The monoisotopic (exact) mass is 332 g/mol. The van der Waals surface area contributed by atoms with E-state index in [-0.39, 0.29) is 6.10 Å². The van der Waals surface area contributed by atoms with Crippen LogP contribution in [0.3, 0.4) is 0 Å². The number of rotatable bonds is 1. The summed E-state index contributed by atoms with van der Waals surface area (Å²) in [5.74, 6) is 5.50. The van der Waals surface area contributed by atoms with Crippen molar-refractivity contribution in [3.8, 4) is 0 Å². The Balaban J connectivity index is 0.000000815. The minimum Gasteiger partial charge on any atom is -0.393 e. The summed E-state index contributed by atoms with van der Waals surface area (Å²) in [5, 5.41) is 10.1. The maximum atomic E-state index is 10.1. The SMILES string of the molecule is C=C(C)C1CCC2C1CCC1C2CCC2CC(O)CCC21C.CC. The fraction of sp³-hybridized carbons (Fsp3) is 0.913. The van der Waals surface area contributed by atoms with Crippen molar-refractivity contribution in [2.75, 3.05) is 0 Å². The van der Waals surface area contributed by atoms with Crippen molar-refractivity contribution in [2.24, 2.45) is 40.9 Å². The average Bonchev–Trinajstić information content (AvgIpc) is 3.02. The third-order valence-electron chi connectivity index (χ3n) is 8.59. The first kappa shape index (κ1) is 18.5. The van der Waals surface area contributed by atoms with Gasteiger partial charge in [-0.15, -0.1) is 0 Å². The fourth-order valence-electron chi connectivity index (χ4n) is 7.50. The highest BCUT2D eigenvalue weighted by atomic mass is 16.3. The Morgan fingerprint density at radius 3 is 2.29 bits per heavy atom. The summed E-state index contributed by atoms with van der Waals surface area (Å²) in [6, 6.07) is 0. The molecular weight excluding hydrogens is 292 g/mol. The lowest BCUT2D eigenvalue weighted by atomic mass is 9.47. The molecule has 0 aromatic heterocycles. The summed E-state index contributed by atoms with van der Waals surface area (Å²) >= 11 is 0. The van der Waals surface area contributed by atoms with E-state index in [9.17, 15) is 5.11 Å². The zero-order chi connectivity index (χ0) is 17.5. The molecule has 0 aromatic rings. The van der Waals surface area contributed by atoms with E-state index in [1.54, 1.807) is 0 Å². The van der Waals surface area contributed by atoms with E-state index < -0.39 is 0 Å². The maximum Gasteiger partial charge on any atom is 0.0543 e. The topological polar surface area (TPSA) is 20.2 Å². The Kier molecular flexibility index (Phi) is 5.50. The molecule has 0 bridgehead atoms. The number of fused-ring (bicyclic) bond motifs is 5. The Hall–Kier alpha value is -0.300. The van der Waals surface area contributed by atoms with Crippen LogP contribution in [0.5, 0.6) is 0 Å². The summed E-state index contributed by atoms with van der Waals surface area (Å²) in [6.45, 7) is 13.1. The summed E-state index contributed by atoms with van der Waals surface area (Å²) < 4.78 is 0. The van der Waals surface area contributed by atoms with Crippen molar-refractivity contribution in [3.63, 3.8) is 0 Å². The van der Waals surface area contributed by atoms with Crippen LogP contribution >= 0.6 is 0 Å². The standard InChI is InChI=1S/C21H34O.C2H6/c1-13(2)16-6-7-18-17(16)8-9-20-19(18)5-4-14-12-15(22)10-11-21(14,20)3;1-2/h14-20,22H,1,4-12H2,2-3H3;1-2H3. The van der Waals surface area contributed by atoms with Gasteiger partial charge in [0.2, 0.25) is 0 Å². The molecule has 0 saturated heterocycles. The van der Waals surface area contributed by atoms with E-state index in [0.29, 0.717) is 5.41 Å². The number of hydrogen-bond acceptors (Lipinski definition) is 1. The van der Waals surface area contributed by atoms with Gasteiger partial charge in [0.1, 0.15) is 0 Å². The largest absolute Gasteiger partial charge is 0.393 e. The fourth-order valence-corrected chi connectivity index (χ4v) is 7.50. The molecule has 4 saturated carbocycles. The number of aliphatic hydroxyl groups is 1. The van der Waals surface area contributed by atoms with Gasteiger partial charge < -0.3 is 5.11 Å². The molecule has 8 atom stereocenters. The zero-order valence-corrected chi connectivity index (χ0v) is 16.6. The molecule has 4 rings (SSSR count). The molecule has 1 N–H and O–H groups in total. The summed E-state index contributed by atoms with van der Waals surface area (Å²) in [4.78, 5) is 0. The van der Waals surface area contributed by atoms with Gasteiger partial charge in [-0.2, -0.15) is 0 Å². The van der Waals surface area contributed by atoms with E-state index in [0.717, 1.165) is 48.3 Å². The van der Waals surface area contributed by atoms with Crippen LogP contribution in [0.15, 0.2) is 12.2 Å². The first-order chi connectivity index (χ1) is 11.5. The molecule has 4 aliphatic rings.